The molecule has 2 nitrogen and oxygen atoms in total. The Morgan fingerprint density at radius 3 is 2.90 bits per heavy atom. The highest BCUT2D eigenvalue weighted by atomic mass is 19.1. The van der Waals surface area contributed by atoms with Gasteiger partial charge in [0.05, 0.1) is 5.92 Å². The lowest BCUT2D eigenvalue weighted by atomic mass is 9.84. The van der Waals surface area contributed by atoms with E-state index in [2.05, 4.69) is 5.32 Å². The number of carbonyl (C=O) groups is 1. The van der Waals surface area contributed by atoms with Crippen LogP contribution in [0.2, 0.25) is 0 Å². The highest BCUT2D eigenvalue weighted by Crippen LogP contribution is 2.28. The predicted octanol–water partition coefficient (Wildman–Crippen LogP) is 3.20. The Balaban J connectivity index is 2.02. The van der Waals surface area contributed by atoms with E-state index in [-0.39, 0.29) is 17.5 Å². The van der Waals surface area contributed by atoms with Crippen molar-refractivity contribution in [3.63, 3.8) is 0 Å². The largest absolute Gasteiger partial charge is 0.312 e. The molecule has 0 radical (unpaired) electrons. The molecule has 0 bridgehead atoms. The third kappa shape index (κ3) is 2.25. The summed E-state index contributed by atoms with van der Waals surface area (Å²) >= 11 is 0. The standard InChI is InChI=1S/C17H16FNO/c1-11-6-7-13(18)8-15(11)17(20)16-10-19-9-12-4-2-3-5-14(12)16/h2-8,16,19H,9-10H2,1H3. The Labute approximate surface area is 117 Å². The summed E-state index contributed by atoms with van der Waals surface area (Å²) in [5, 5.41) is 3.26. The Morgan fingerprint density at radius 1 is 1.25 bits per heavy atom. The van der Waals surface area contributed by atoms with E-state index < -0.39 is 0 Å². The van der Waals surface area contributed by atoms with Crippen molar-refractivity contribution < 1.29 is 9.18 Å². The fourth-order valence-corrected chi connectivity index (χ4v) is 2.78. The van der Waals surface area contributed by atoms with Crippen molar-refractivity contribution in [3.05, 3.63) is 70.5 Å². The number of nitrogens with one attached hydrogen (secondary N) is 1. The molecule has 1 atom stereocenters. The quantitative estimate of drug-likeness (QED) is 0.848. The van der Waals surface area contributed by atoms with Crippen LogP contribution in [0.4, 0.5) is 4.39 Å². The number of benzene rings is 2. The van der Waals surface area contributed by atoms with Crippen LogP contribution in [0.3, 0.4) is 0 Å². The SMILES string of the molecule is Cc1ccc(F)cc1C(=O)C1CNCc2ccccc21. The first-order valence-corrected chi connectivity index (χ1v) is 6.75. The Hall–Kier alpha value is -2.00. The van der Waals surface area contributed by atoms with Crippen LogP contribution in [0.5, 0.6) is 0 Å². The van der Waals surface area contributed by atoms with E-state index in [9.17, 15) is 9.18 Å². The minimum absolute atomic E-state index is 0.0124. The van der Waals surface area contributed by atoms with E-state index in [1.54, 1.807) is 6.07 Å². The normalized spacial score (nSPS) is 17.6. The molecule has 0 aliphatic carbocycles. The minimum atomic E-state index is -0.365. The molecule has 1 unspecified atom stereocenters. The fourth-order valence-electron chi connectivity index (χ4n) is 2.78. The first-order chi connectivity index (χ1) is 9.66. The highest BCUT2D eigenvalue weighted by molar-refractivity contribution is 6.02. The van der Waals surface area contributed by atoms with Crippen LogP contribution in [-0.2, 0) is 6.54 Å². The Bertz CT molecular complexity index is 666. The number of rotatable bonds is 2. The molecule has 2 aromatic carbocycles. The summed E-state index contributed by atoms with van der Waals surface area (Å²) in [7, 11) is 0. The van der Waals surface area contributed by atoms with Crippen molar-refractivity contribution in [1.82, 2.24) is 5.32 Å². The maximum absolute atomic E-state index is 13.4. The zero-order valence-corrected chi connectivity index (χ0v) is 11.3. The van der Waals surface area contributed by atoms with Crippen molar-refractivity contribution in [1.29, 1.82) is 0 Å². The van der Waals surface area contributed by atoms with Gasteiger partial charge in [-0.15, -0.1) is 0 Å². The van der Waals surface area contributed by atoms with Crippen LogP contribution >= 0.6 is 0 Å². The van der Waals surface area contributed by atoms with Crippen molar-refractivity contribution >= 4 is 5.78 Å². The number of halogens is 1. The van der Waals surface area contributed by atoms with E-state index in [1.165, 1.54) is 12.1 Å². The van der Waals surface area contributed by atoms with Gasteiger partial charge >= 0.3 is 0 Å². The topological polar surface area (TPSA) is 29.1 Å². The van der Waals surface area contributed by atoms with Gasteiger partial charge in [0.2, 0.25) is 0 Å². The maximum atomic E-state index is 13.4. The summed E-state index contributed by atoms with van der Waals surface area (Å²) in [5.74, 6) is -0.613. The van der Waals surface area contributed by atoms with E-state index in [0.717, 1.165) is 23.2 Å². The molecule has 20 heavy (non-hydrogen) atoms. The maximum Gasteiger partial charge on any atom is 0.171 e. The molecule has 102 valence electrons. The van der Waals surface area contributed by atoms with E-state index in [0.29, 0.717) is 12.1 Å². The first kappa shape index (κ1) is 13.0. The van der Waals surface area contributed by atoms with Crippen molar-refractivity contribution in [3.8, 4) is 0 Å². The van der Waals surface area contributed by atoms with Gasteiger partial charge in [-0.3, -0.25) is 4.79 Å². The van der Waals surface area contributed by atoms with Crippen LogP contribution in [0.25, 0.3) is 0 Å². The molecule has 0 saturated heterocycles. The average Bonchev–Trinajstić information content (AvgIpc) is 2.48. The number of hydrogen-bond donors (Lipinski definition) is 1. The number of carbonyl (C=O) groups excluding carboxylic acids is 1. The number of aryl methyl sites for hydroxylation is 1. The summed E-state index contributed by atoms with van der Waals surface area (Å²) in [5.41, 5.74) is 3.50. The number of fused-ring (bicyclic) bond motifs is 1. The molecule has 0 saturated carbocycles. The lowest BCUT2D eigenvalue weighted by Crippen LogP contribution is -2.33. The molecule has 2 aromatic rings. The summed E-state index contributed by atoms with van der Waals surface area (Å²) < 4.78 is 13.4. The summed E-state index contributed by atoms with van der Waals surface area (Å²) in [6.07, 6.45) is 0. The van der Waals surface area contributed by atoms with Gasteiger partial charge in [-0.2, -0.15) is 0 Å². The van der Waals surface area contributed by atoms with E-state index in [1.807, 2.05) is 31.2 Å². The van der Waals surface area contributed by atoms with Gasteiger partial charge in [0.1, 0.15) is 5.82 Å². The van der Waals surface area contributed by atoms with Crippen molar-refractivity contribution in [2.24, 2.45) is 0 Å². The lowest BCUT2D eigenvalue weighted by molar-refractivity contribution is 0.0954. The van der Waals surface area contributed by atoms with Gasteiger partial charge in [-0.25, -0.2) is 4.39 Å². The van der Waals surface area contributed by atoms with Gasteiger partial charge in [-0.05, 0) is 35.7 Å². The van der Waals surface area contributed by atoms with Gasteiger partial charge in [-0.1, -0.05) is 30.3 Å². The molecule has 1 heterocycles. The molecule has 1 N–H and O–H groups in total. The third-order valence-electron chi connectivity index (χ3n) is 3.88. The van der Waals surface area contributed by atoms with Crippen LogP contribution in [-0.4, -0.2) is 12.3 Å². The Morgan fingerprint density at radius 2 is 2.05 bits per heavy atom. The molecule has 0 spiro atoms. The van der Waals surface area contributed by atoms with Crippen LogP contribution in [0, 0.1) is 12.7 Å². The minimum Gasteiger partial charge on any atom is -0.312 e. The monoisotopic (exact) mass is 269 g/mol. The summed E-state index contributed by atoms with van der Waals surface area (Å²) in [6, 6.07) is 12.3. The molecule has 0 aromatic heterocycles. The number of Topliss-reactive ketones (excluding diaryl/α,β-unsaturated/α-hetero) is 1. The lowest BCUT2D eigenvalue weighted by Gasteiger charge is -2.25. The van der Waals surface area contributed by atoms with Crippen LogP contribution in [0.15, 0.2) is 42.5 Å². The summed E-state index contributed by atoms with van der Waals surface area (Å²) in [6.45, 7) is 3.22. The zero-order valence-electron chi connectivity index (χ0n) is 11.3. The molecule has 1 aliphatic rings. The highest BCUT2D eigenvalue weighted by Gasteiger charge is 2.27. The summed E-state index contributed by atoms with van der Waals surface area (Å²) in [4.78, 5) is 12.7. The zero-order chi connectivity index (χ0) is 14.1. The van der Waals surface area contributed by atoms with E-state index in [4.69, 9.17) is 0 Å². The molecule has 3 heteroatoms. The fraction of sp³-hybridized carbons (Fsp3) is 0.235. The first-order valence-electron chi connectivity index (χ1n) is 6.75. The number of hydrogen-bond acceptors (Lipinski definition) is 2. The van der Waals surface area contributed by atoms with Crippen molar-refractivity contribution in [2.75, 3.05) is 6.54 Å². The second-order valence-corrected chi connectivity index (χ2v) is 5.21. The second-order valence-electron chi connectivity index (χ2n) is 5.21. The van der Waals surface area contributed by atoms with Gasteiger partial charge < -0.3 is 5.32 Å². The van der Waals surface area contributed by atoms with Crippen LogP contribution in [0.1, 0.15) is 33.0 Å². The van der Waals surface area contributed by atoms with Gasteiger partial charge in [0, 0.05) is 18.7 Å². The van der Waals surface area contributed by atoms with Crippen LogP contribution < -0.4 is 5.32 Å². The van der Waals surface area contributed by atoms with Crippen molar-refractivity contribution in [2.45, 2.75) is 19.4 Å². The molecule has 0 fully saturated rings. The van der Waals surface area contributed by atoms with Gasteiger partial charge in [0.25, 0.3) is 0 Å². The molecule has 3 rings (SSSR count). The predicted molar refractivity (Wildman–Crippen MR) is 76.4 cm³/mol. The smallest absolute Gasteiger partial charge is 0.171 e. The number of ketones is 1. The molecular formula is C17H16FNO. The average molecular weight is 269 g/mol. The molecule has 0 amide bonds. The second kappa shape index (κ2) is 5.17. The third-order valence-corrected chi connectivity index (χ3v) is 3.88. The van der Waals surface area contributed by atoms with E-state index >= 15 is 0 Å². The molecule has 1 aliphatic heterocycles. The molecular weight excluding hydrogens is 253 g/mol. The Kier molecular flexibility index (Phi) is 3.36. The van der Waals surface area contributed by atoms with Gasteiger partial charge in [0.15, 0.2) is 5.78 Å².